The van der Waals surface area contributed by atoms with Crippen molar-refractivity contribution in [1.82, 2.24) is 0 Å². The van der Waals surface area contributed by atoms with Crippen LogP contribution in [0, 0.1) is 0 Å². The van der Waals surface area contributed by atoms with Crippen molar-refractivity contribution in [1.29, 1.82) is 0 Å². The Morgan fingerprint density at radius 2 is 1.55 bits per heavy atom. The Morgan fingerprint density at radius 3 is 2.15 bits per heavy atom. The van der Waals surface area contributed by atoms with E-state index in [2.05, 4.69) is 48.6 Å². The molecule has 3 nitrogen and oxygen atoms in total. The maximum atomic E-state index is 4.71. The molecule has 0 fully saturated rings. The van der Waals surface area contributed by atoms with Gasteiger partial charge in [0.15, 0.2) is 0 Å². The fourth-order valence-electron chi connectivity index (χ4n) is 2.32. The highest BCUT2D eigenvalue weighted by Gasteiger charge is 2.09. The van der Waals surface area contributed by atoms with Crippen LogP contribution in [0.15, 0.2) is 42.5 Å². The van der Waals surface area contributed by atoms with Crippen molar-refractivity contribution in [3.05, 3.63) is 53.6 Å². The molecule has 0 aliphatic heterocycles. The van der Waals surface area contributed by atoms with Gasteiger partial charge in [-0.05, 0) is 28.3 Å². The number of hydrogen-bond donors (Lipinski definition) is 0. The van der Waals surface area contributed by atoms with E-state index in [9.17, 15) is 0 Å². The first-order chi connectivity index (χ1) is 9.80. The first-order valence-corrected chi connectivity index (χ1v) is 7.68. The summed E-state index contributed by atoms with van der Waals surface area (Å²) < 4.78 is 14.1. The van der Waals surface area contributed by atoms with Crippen LogP contribution >= 0.6 is 0 Å². The molecular formula is C16H19O3Si. The molecule has 0 bridgehead atoms. The van der Waals surface area contributed by atoms with Crippen molar-refractivity contribution in [2.24, 2.45) is 0 Å². The van der Waals surface area contributed by atoms with Gasteiger partial charge in [-0.2, -0.15) is 0 Å². The highest BCUT2D eigenvalue weighted by atomic mass is 28.3. The van der Waals surface area contributed by atoms with Crippen LogP contribution in [0.3, 0.4) is 0 Å². The summed E-state index contributed by atoms with van der Waals surface area (Å²) in [7, 11) is 3.31. The lowest BCUT2D eigenvalue weighted by atomic mass is 9.93. The lowest BCUT2D eigenvalue weighted by molar-refractivity contribution is 0.163. The Morgan fingerprint density at radius 1 is 0.900 bits per heavy atom. The second kappa shape index (κ2) is 7.35. The van der Waals surface area contributed by atoms with Gasteiger partial charge in [0.1, 0.15) is 0 Å². The summed E-state index contributed by atoms with van der Waals surface area (Å²) >= 11 is 0. The Balaban J connectivity index is 0.000000182. The molecule has 105 valence electrons. The molecule has 2 aromatic carbocycles. The predicted octanol–water partition coefficient (Wildman–Crippen LogP) is 3.32. The fourth-order valence-corrected chi connectivity index (χ4v) is 2.82. The average Bonchev–Trinajstić information content (AvgIpc) is 2.51. The predicted molar refractivity (Wildman–Crippen MR) is 83.5 cm³/mol. The Kier molecular flexibility index (Phi) is 5.49. The van der Waals surface area contributed by atoms with Gasteiger partial charge in [-0.3, -0.25) is 0 Å². The molecule has 0 saturated heterocycles. The van der Waals surface area contributed by atoms with E-state index in [1.165, 1.54) is 21.9 Å². The first-order valence-electron chi connectivity index (χ1n) is 6.46. The number of benzene rings is 2. The minimum Gasteiger partial charge on any atom is -0.375 e. The molecule has 4 heteroatoms. The molecule has 0 N–H and O–H groups in total. The van der Waals surface area contributed by atoms with Gasteiger partial charge in [0, 0.05) is 21.3 Å². The van der Waals surface area contributed by atoms with E-state index in [4.69, 9.17) is 13.3 Å². The molecule has 0 unspecified atom stereocenters. The summed E-state index contributed by atoms with van der Waals surface area (Å²) in [5.74, 6) is 0. The van der Waals surface area contributed by atoms with Crippen LogP contribution in [0.25, 0.3) is 16.8 Å². The monoisotopic (exact) mass is 287 g/mol. The maximum Gasteiger partial charge on any atom is 0.576 e. The van der Waals surface area contributed by atoms with Crippen LogP contribution < -0.4 is 0 Å². The summed E-state index contributed by atoms with van der Waals surface area (Å²) in [6.45, 7) is 0. The van der Waals surface area contributed by atoms with Crippen molar-refractivity contribution in [2.75, 3.05) is 21.3 Å². The van der Waals surface area contributed by atoms with Gasteiger partial charge in [0.2, 0.25) is 0 Å². The molecule has 0 saturated carbocycles. The molecule has 1 aliphatic rings. The maximum absolute atomic E-state index is 4.71. The Labute approximate surface area is 121 Å². The lowest BCUT2D eigenvalue weighted by Gasteiger charge is -2.11. The van der Waals surface area contributed by atoms with E-state index in [0.717, 1.165) is 6.42 Å². The van der Waals surface area contributed by atoms with E-state index < -0.39 is 9.53 Å². The molecule has 20 heavy (non-hydrogen) atoms. The third kappa shape index (κ3) is 3.35. The smallest absolute Gasteiger partial charge is 0.375 e. The number of allylic oxidation sites excluding steroid dienone is 1. The third-order valence-corrected chi connectivity index (χ3v) is 4.16. The zero-order valence-corrected chi connectivity index (χ0v) is 13.1. The molecule has 0 heterocycles. The van der Waals surface area contributed by atoms with Crippen LogP contribution in [0.2, 0.25) is 0 Å². The zero-order valence-electron chi connectivity index (χ0n) is 12.1. The van der Waals surface area contributed by atoms with Gasteiger partial charge in [0.05, 0.1) is 0 Å². The molecule has 0 amide bonds. The van der Waals surface area contributed by atoms with Gasteiger partial charge in [-0.15, -0.1) is 0 Å². The standard InChI is InChI=1S/C13H10.C3H9O3Si/c1-4-10-6-2-8-12-9-3-7-11(5-1)13(10)12;1-4-7(5-2)6-3/h1-8H,9H2;1-3H3. The van der Waals surface area contributed by atoms with Crippen LogP contribution in [-0.2, 0) is 19.7 Å². The van der Waals surface area contributed by atoms with E-state index in [1.54, 1.807) is 21.3 Å². The molecular weight excluding hydrogens is 268 g/mol. The molecule has 0 aromatic heterocycles. The van der Waals surface area contributed by atoms with Crippen molar-refractivity contribution in [2.45, 2.75) is 6.42 Å². The highest BCUT2D eigenvalue weighted by Crippen LogP contribution is 2.27. The van der Waals surface area contributed by atoms with Gasteiger partial charge in [-0.1, -0.05) is 48.6 Å². The topological polar surface area (TPSA) is 27.7 Å². The Hall–Kier alpha value is -1.46. The molecule has 2 aromatic rings. The minimum atomic E-state index is -1.36. The van der Waals surface area contributed by atoms with Crippen molar-refractivity contribution >= 4 is 26.4 Å². The van der Waals surface area contributed by atoms with Gasteiger partial charge < -0.3 is 13.3 Å². The van der Waals surface area contributed by atoms with E-state index in [0.29, 0.717) is 0 Å². The summed E-state index contributed by atoms with van der Waals surface area (Å²) in [4.78, 5) is 0. The van der Waals surface area contributed by atoms with E-state index >= 15 is 0 Å². The van der Waals surface area contributed by atoms with Crippen molar-refractivity contribution in [3.8, 4) is 0 Å². The third-order valence-electron chi connectivity index (χ3n) is 3.16. The quantitative estimate of drug-likeness (QED) is 0.811. The molecule has 1 radical (unpaired) electrons. The second-order valence-electron chi connectivity index (χ2n) is 4.33. The first kappa shape index (κ1) is 14.9. The van der Waals surface area contributed by atoms with Gasteiger partial charge >= 0.3 is 9.53 Å². The van der Waals surface area contributed by atoms with Crippen LogP contribution in [0.5, 0.6) is 0 Å². The van der Waals surface area contributed by atoms with E-state index in [1.807, 2.05) is 0 Å². The SMILES string of the molecule is C1=Cc2cccc3cccc(c23)C1.CO[Si](OC)OC. The summed E-state index contributed by atoms with van der Waals surface area (Å²) in [5.41, 5.74) is 2.81. The molecule has 3 rings (SSSR count). The zero-order chi connectivity index (χ0) is 14.4. The lowest BCUT2D eigenvalue weighted by Crippen LogP contribution is -2.21. The summed E-state index contributed by atoms with van der Waals surface area (Å²) in [5, 5.41) is 2.80. The fraction of sp³-hybridized carbons (Fsp3) is 0.250. The molecule has 0 atom stereocenters. The van der Waals surface area contributed by atoms with Gasteiger partial charge in [-0.25, -0.2) is 0 Å². The summed E-state index contributed by atoms with van der Waals surface area (Å²) in [6, 6.07) is 13.0. The number of rotatable bonds is 3. The van der Waals surface area contributed by atoms with Crippen LogP contribution in [0.1, 0.15) is 11.1 Å². The largest absolute Gasteiger partial charge is 0.576 e. The highest BCUT2D eigenvalue weighted by molar-refractivity contribution is 6.36. The van der Waals surface area contributed by atoms with Crippen molar-refractivity contribution < 1.29 is 13.3 Å². The molecule has 1 aliphatic carbocycles. The van der Waals surface area contributed by atoms with Crippen LogP contribution in [-0.4, -0.2) is 30.9 Å². The Bertz CT molecular complexity index is 581. The number of hydrogen-bond acceptors (Lipinski definition) is 3. The van der Waals surface area contributed by atoms with E-state index in [-0.39, 0.29) is 0 Å². The normalized spacial score (nSPS) is 12.4. The summed E-state index contributed by atoms with van der Waals surface area (Å²) in [6.07, 6.45) is 5.53. The van der Waals surface area contributed by atoms with Gasteiger partial charge in [0.25, 0.3) is 0 Å². The minimum absolute atomic E-state index is 1.08. The second-order valence-corrected chi connectivity index (χ2v) is 6.06. The molecule has 0 spiro atoms. The van der Waals surface area contributed by atoms with Crippen molar-refractivity contribution in [3.63, 3.8) is 0 Å². The average molecular weight is 287 g/mol. The van der Waals surface area contributed by atoms with Crippen LogP contribution in [0.4, 0.5) is 0 Å².